The Labute approximate surface area is 126 Å². The zero-order valence-corrected chi connectivity index (χ0v) is 12.2. The highest BCUT2D eigenvalue weighted by atomic mass is 35.5. The maximum Gasteiger partial charge on any atom is 0.387 e. The third-order valence-electron chi connectivity index (χ3n) is 3.03. The molecular formula is C13H15Cl2F2NO2. The smallest absolute Gasteiger partial charge is 0.387 e. The minimum absolute atomic E-state index is 0.0603. The fourth-order valence-electron chi connectivity index (χ4n) is 2.13. The molecule has 1 aliphatic heterocycles. The Bertz CT molecular complexity index is 429. The molecule has 1 atom stereocenters. The number of alkyl halides is 2. The van der Waals surface area contributed by atoms with Crippen molar-refractivity contribution in [2.24, 2.45) is 0 Å². The van der Waals surface area contributed by atoms with Gasteiger partial charge < -0.3 is 14.8 Å². The van der Waals surface area contributed by atoms with Crippen molar-refractivity contribution in [3.8, 4) is 5.75 Å². The highest BCUT2D eigenvalue weighted by molar-refractivity contribution is 6.37. The van der Waals surface area contributed by atoms with E-state index in [-0.39, 0.29) is 21.8 Å². The van der Waals surface area contributed by atoms with Crippen molar-refractivity contribution in [3.63, 3.8) is 0 Å². The Kier molecular flexibility index (Phi) is 5.69. The van der Waals surface area contributed by atoms with Crippen LogP contribution in [0.3, 0.4) is 0 Å². The normalized spacial score (nSPS) is 19.8. The number of benzene rings is 1. The molecule has 1 aromatic rings. The maximum atomic E-state index is 12.2. The number of halogens is 4. The summed E-state index contributed by atoms with van der Waals surface area (Å²) in [7, 11) is 0. The molecule has 1 N–H and O–H groups in total. The summed E-state index contributed by atoms with van der Waals surface area (Å²) >= 11 is 11.8. The average molecular weight is 326 g/mol. The van der Waals surface area contributed by atoms with Gasteiger partial charge >= 0.3 is 6.61 Å². The minimum atomic E-state index is -2.96. The largest absolute Gasteiger partial charge is 0.432 e. The number of hydrogen-bond donors (Lipinski definition) is 1. The van der Waals surface area contributed by atoms with Crippen LogP contribution in [0.2, 0.25) is 10.0 Å². The lowest BCUT2D eigenvalue weighted by molar-refractivity contribution is -0.0497. The lowest BCUT2D eigenvalue weighted by Gasteiger charge is -2.18. The summed E-state index contributed by atoms with van der Waals surface area (Å²) in [6, 6.07) is 3.33. The van der Waals surface area contributed by atoms with Crippen LogP contribution < -0.4 is 10.1 Å². The topological polar surface area (TPSA) is 30.5 Å². The number of hydrogen-bond acceptors (Lipinski definition) is 3. The van der Waals surface area contributed by atoms with Crippen molar-refractivity contribution in [2.45, 2.75) is 31.9 Å². The third-order valence-corrected chi connectivity index (χ3v) is 3.59. The van der Waals surface area contributed by atoms with Gasteiger partial charge in [-0.05, 0) is 31.4 Å². The minimum Gasteiger partial charge on any atom is -0.432 e. The van der Waals surface area contributed by atoms with Crippen molar-refractivity contribution in [1.29, 1.82) is 0 Å². The highest BCUT2D eigenvalue weighted by Crippen LogP contribution is 2.37. The van der Waals surface area contributed by atoms with E-state index in [0.717, 1.165) is 25.9 Å². The third kappa shape index (κ3) is 4.36. The Morgan fingerprint density at radius 2 is 1.90 bits per heavy atom. The summed E-state index contributed by atoms with van der Waals surface area (Å²) < 4.78 is 34.1. The van der Waals surface area contributed by atoms with Gasteiger partial charge in [0.25, 0.3) is 0 Å². The van der Waals surface area contributed by atoms with Crippen molar-refractivity contribution >= 4 is 28.9 Å². The lowest BCUT2D eigenvalue weighted by Crippen LogP contribution is -2.19. The second kappa shape index (κ2) is 7.29. The fraction of sp³-hybridized carbons (Fsp3) is 0.538. The molecule has 0 spiro atoms. The zero-order valence-electron chi connectivity index (χ0n) is 10.7. The van der Waals surface area contributed by atoms with Gasteiger partial charge in [0.1, 0.15) is 0 Å². The van der Waals surface area contributed by atoms with E-state index in [1.165, 1.54) is 12.1 Å². The molecule has 112 valence electrons. The summed E-state index contributed by atoms with van der Waals surface area (Å²) in [6.07, 6.45) is 2.83. The van der Waals surface area contributed by atoms with E-state index in [1.807, 2.05) is 0 Å². The molecule has 1 saturated heterocycles. The highest BCUT2D eigenvalue weighted by Gasteiger charge is 2.17. The molecule has 0 bridgehead atoms. The summed E-state index contributed by atoms with van der Waals surface area (Å²) in [6.45, 7) is -1.49. The van der Waals surface area contributed by atoms with Crippen LogP contribution in [-0.2, 0) is 4.74 Å². The molecule has 3 nitrogen and oxygen atoms in total. The van der Waals surface area contributed by atoms with Crippen LogP contribution in [0, 0.1) is 0 Å². The monoisotopic (exact) mass is 325 g/mol. The number of rotatable bonds is 4. The van der Waals surface area contributed by atoms with Crippen LogP contribution >= 0.6 is 23.2 Å². The fourth-order valence-corrected chi connectivity index (χ4v) is 2.70. The molecule has 1 heterocycles. The Hall–Kier alpha value is -0.780. The summed E-state index contributed by atoms with van der Waals surface area (Å²) in [5.41, 5.74) is 0.688. The molecule has 0 saturated carbocycles. The molecule has 1 unspecified atom stereocenters. The molecule has 0 radical (unpaired) electrons. The van der Waals surface area contributed by atoms with E-state index in [0.29, 0.717) is 12.3 Å². The Morgan fingerprint density at radius 3 is 2.55 bits per heavy atom. The predicted octanol–water partition coefficient (Wildman–Crippen LogP) is 4.58. The van der Waals surface area contributed by atoms with Gasteiger partial charge in [-0.25, -0.2) is 0 Å². The molecule has 20 heavy (non-hydrogen) atoms. The number of nitrogens with one attached hydrogen (secondary N) is 1. The van der Waals surface area contributed by atoms with Crippen molar-refractivity contribution in [3.05, 3.63) is 22.2 Å². The maximum absolute atomic E-state index is 12.2. The van der Waals surface area contributed by atoms with E-state index in [2.05, 4.69) is 10.1 Å². The molecular weight excluding hydrogens is 311 g/mol. The van der Waals surface area contributed by atoms with Crippen LogP contribution in [0.25, 0.3) is 0 Å². The Balaban J connectivity index is 2.08. The second-order valence-electron chi connectivity index (χ2n) is 4.53. The SMILES string of the molecule is FC(F)Oc1c(Cl)cc(NC2CCCOCC2)cc1Cl. The van der Waals surface area contributed by atoms with E-state index in [1.54, 1.807) is 0 Å². The van der Waals surface area contributed by atoms with E-state index < -0.39 is 6.61 Å². The standard InChI is InChI=1S/C13H15Cl2F2NO2/c14-10-6-9(7-11(15)12(10)20-13(16)17)18-8-2-1-4-19-5-3-8/h6-8,13,18H,1-5H2. The first-order valence-electron chi connectivity index (χ1n) is 6.34. The zero-order chi connectivity index (χ0) is 14.5. The molecule has 1 aliphatic rings. The quantitative estimate of drug-likeness (QED) is 0.879. The van der Waals surface area contributed by atoms with Crippen molar-refractivity contribution in [2.75, 3.05) is 18.5 Å². The average Bonchev–Trinajstić information content (AvgIpc) is 2.62. The first-order valence-corrected chi connectivity index (χ1v) is 7.10. The van der Waals surface area contributed by atoms with Gasteiger partial charge in [0.15, 0.2) is 5.75 Å². The van der Waals surface area contributed by atoms with Crippen LogP contribution in [0.1, 0.15) is 19.3 Å². The van der Waals surface area contributed by atoms with Gasteiger partial charge in [0.05, 0.1) is 10.0 Å². The van der Waals surface area contributed by atoms with Crippen molar-refractivity contribution < 1.29 is 18.3 Å². The van der Waals surface area contributed by atoms with Gasteiger partial charge in [0, 0.05) is 24.9 Å². The van der Waals surface area contributed by atoms with Gasteiger partial charge in [-0.2, -0.15) is 8.78 Å². The van der Waals surface area contributed by atoms with Gasteiger partial charge in [-0.15, -0.1) is 0 Å². The van der Waals surface area contributed by atoms with Gasteiger partial charge in [-0.3, -0.25) is 0 Å². The lowest BCUT2D eigenvalue weighted by atomic mass is 10.1. The molecule has 1 fully saturated rings. The molecule has 0 aromatic heterocycles. The first-order chi connectivity index (χ1) is 9.56. The van der Waals surface area contributed by atoms with E-state index in [9.17, 15) is 8.78 Å². The Morgan fingerprint density at radius 1 is 1.20 bits per heavy atom. The number of ether oxygens (including phenoxy) is 2. The summed E-state index contributed by atoms with van der Waals surface area (Å²) in [5, 5.41) is 3.41. The molecule has 1 aromatic carbocycles. The van der Waals surface area contributed by atoms with Crippen LogP contribution in [0.4, 0.5) is 14.5 Å². The number of anilines is 1. The van der Waals surface area contributed by atoms with E-state index >= 15 is 0 Å². The van der Waals surface area contributed by atoms with Crippen LogP contribution in [0.15, 0.2) is 12.1 Å². The van der Waals surface area contributed by atoms with E-state index in [4.69, 9.17) is 27.9 Å². The van der Waals surface area contributed by atoms with Crippen molar-refractivity contribution in [1.82, 2.24) is 0 Å². The molecule has 0 aliphatic carbocycles. The summed E-state index contributed by atoms with van der Waals surface area (Å²) in [4.78, 5) is 0. The van der Waals surface area contributed by atoms with Gasteiger partial charge in [0.2, 0.25) is 0 Å². The van der Waals surface area contributed by atoms with Gasteiger partial charge in [-0.1, -0.05) is 23.2 Å². The van der Waals surface area contributed by atoms with Crippen LogP contribution in [0.5, 0.6) is 5.75 Å². The second-order valence-corrected chi connectivity index (χ2v) is 5.35. The molecule has 0 amide bonds. The molecule has 7 heteroatoms. The first kappa shape index (κ1) is 15.6. The van der Waals surface area contributed by atoms with Crippen LogP contribution in [-0.4, -0.2) is 25.9 Å². The summed E-state index contributed by atoms with van der Waals surface area (Å²) in [5.74, 6) is -0.196. The predicted molar refractivity (Wildman–Crippen MR) is 75.2 cm³/mol. The molecule has 2 rings (SSSR count).